The summed E-state index contributed by atoms with van der Waals surface area (Å²) < 4.78 is 59.2. The van der Waals surface area contributed by atoms with Crippen LogP contribution in [0.25, 0.3) is 10.9 Å². The largest absolute Gasteiger partial charge is 0.493 e. The maximum atomic E-state index is 15.2. The van der Waals surface area contributed by atoms with Crippen LogP contribution in [0.15, 0.2) is 30.5 Å². The number of aromatic nitrogens is 1. The average molecular weight is 394 g/mol. The number of hydrogen-bond acceptors (Lipinski definition) is 6. The maximum absolute atomic E-state index is 15.2. The van der Waals surface area contributed by atoms with Crippen molar-refractivity contribution in [2.45, 2.75) is 13.0 Å². The number of anilines is 1. The highest BCUT2D eigenvalue weighted by atomic mass is 19.1. The number of fused-ring (bicyclic) bond motifs is 1. The lowest BCUT2D eigenvalue weighted by Gasteiger charge is -2.18. The molecule has 0 aliphatic rings. The van der Waals surface area contributed by atoms with Gasteiger partial charge < -0.3 is 25.1 Å². The minimum absolute atomic E-state index is 0.0415. The van der Waals surface area contributed by atoms with Crippen LogP contribution in [-0.2, 0) is 0 Å². The van der Waals surface area contributed by atoms with Crippen LogP contribution in [0.1, 0.15) is 6.92 Å². The van der Waals surface area contributed by atoms with E-state index in [2.05, 4.69) is 4.98 Å². The minimum Gasteiger partial charge on any atom is -0.493 e. The van der Waals surface area contributed by atoms with Gasteiger partial charge in [-0.3, -0.25) is 4.98 Å². The molecule has 1 aromatic heterocycles. The zero-order chi connectivity index (χ0) is 20.4. The van der Waals surface area contributed by atoms with Crippen LogP contribution >= 0.6 is 0 Å². The highest BCUT2D eigenvalue weighted by Gasteiger charge is 2.23. The van der Waals surface area contributed by atoms with E-state index in [-0.39, 0.29) is 40.4 Å². The Hall–Kier alpha value is -3.20. The molecule has 3 rings (SSSR count). The Kier molecular flexibility index (Phi) is 5.46. The van der Waals surface area contributed by atoms with E-state index in [0.717, 1.165) is 12.1 Å². The molecule has 1 atom stereocenters. The van der Waals surface area contributed by atoms with Crippen molar-refractivity contribution in [3.05, 3.63) is 47.9 Å². The lowest BCUT2D eigenvalue weighted by atomic mass is 10.1. The number of aliphatic hydroxyl groups is 1. The van der Waals surface area contributed by atoms with Crippen molar-refractivity contribution in [2.24, 2.45) is 0 Å². The molecular formula is C19H17F3N2O4. The monoisotopic (exact) mass is 394 g/mol. The van der Waals surface area contributed by atoms with Gasteiger partial charge in [0, 0.05) is 30.1 Å². The molecule has 0 amide bonds. The van der Waals surface area contributed by atoms with E-state index in [4.69, 9.17) is 19.9 Å². The van der Waals surface area contributed by atoms with Gasteiger partial charge in [-0.25, -0.2) is 13.2 Å². The fourth-order valence-corrected chi connectivity index (χ4v) is 2.57. The number of benzene rings is 2. The Morgan fingerprint density at radius 3 is 2.39 bits per heavy atom. The summed E-state index contributed by atoms with van der Waals surface area (Å²) in [6, 6.07) is 4.42. The zero-order valence-electron chi connectivity index (χ0n) is 15.0. The van der Waals surface area contributed by atoms with E-state index >= 15 is 4.39 Å². The van der Waals surface area contributed by atoms with Crippen molar-refractivity contribution >= 4 is 16.6 Å². The molecule has 2 aromatic carbocycles. The third kappa shape index (κ3) is 3.61. The van der Waals surface area contributed by atoms with E-state index in [1.807, 2.05) is 0 Å². The molecule has 148 valence electrons. The van der Waals surface area contributed by atoms with Crippen LogP contribution in [0.2, 0.25) is 0 Å². The molecule has 9 heteroatoms. The van der Waals surface area contributed by atoms with Crippen LogP contribution < -0.4 is 19.9 Å². The Morgan fingerprint density at radius 2 is 1.79 bits per heavy atom. The second kappa shape index (κ2) is 7.81. The van der Waals surface area contributed by atoms with Gasteiger partial charge in [0.05, 0.1) is 24.6 Å². The van der Waals surface area contributed by atoms with Crippen LogP contribution in [0.3, 0.4) is 0 Å². The summed E-state index contributed by atoms with van der Waals surface area (Å²) in [5, 5.41) is 9.01. The third-order valence-corrected chi connectivity index (χ3v) is 3.88. The smallest absolute Gasteiger partial charge is 0.198 e. The molecular weight excluding hydrogens is 377 g/mol. The summed E-state index contributed by atoms with van der Waals surface area (Å²) in [5.41, 5.74) is 5.39. The van der Waals surface area contributed by atoms with E-state index < -0.39 is 29.3 Å². The van der Waals surface area contributed by atoms with Crippen molar-refractivity contribution in [1.82, 2.24) is 4.98 Å². The number of nitrogens with zero attached hydrogens (tertiary/aromatic N) is 1. The van der Waals surface area contributed by atoms with Crippen LogP contribution in [0.4, 0.5) is 18.9 Å². The Balaban J connectivity index is 2.18. The Labute approximate surface area is 158 Å². The number of nitrogens with two attached hydrogens (primary N) is 1. The maximum Gasteiger partial charge on any atom is 0.198 e. The lowest BCUT2D eigenvalue weighted by molar-refractivity contribution is 0.122. The molecule has 6 nitrogen and oxygen atoms in total. The first-order valence-corrected chi connectivity index (χ1v) is 8.20. The van der Waals surface area contributed by atoms with E-state index in [0.29, 0.717) is 0 Å². The number of halogens is 3. The van der Waals surface area contributed by atoms with Crippen molar-refractivity contribution in [2.75, 3.05) is 19.5 Å². The predicted molar refractivity (Wildman–Crippen MR) is 96.3 cm³/mol. The molecule has 0 radical (unpaired) electrons. The summed E-state index contributed by atoms with van der Waals surface area (Å²) in [6.07, 6.45) is 0.564. The number of hydrogen-bond donors (Lipinski definition) is 2. The number of aliphatic hydroxyl groups excluding tert-OH is 1. The first-order valence-electron chi connectivity index (χ1n) is 8.20. The molecule has 0 saturated carbocycles. The third-order valence-electron chi connectivity index (χ3n) is 3.88. The number of methoxy groups -OCH3 is 1. The highest BCUT2D eigenvalue weighted by molar-refractivity contribution is 5.89. The van der Waals surface area contributed by atoms with E-state index in [1.165, 1.54) is 32.4 Å². The summed E-state index contributed by atoms with van der Waals surface area (Å²) in [5.74, 6) is -4.15. The SMILES string of the molecule is COc1cc2nccc(Oc3c(F)cc(N)cc3F)c2c(F)c1O[C@@H](C)CO. The quantitative estimate of drug-likeness (QED) is 0.619. The first kappa shape index (κ1) is 19.6. The fourth-order valence-electron chi connectivity index (χ4n) is 2.57. The van der Waals surface area contributed by atoms with E-state index in [9.17, 15) is 13.9 Å². The summed E-state index contributed by atoms with van der Waals surface area (Å²) >= 11 is 0. The number of pyridine rings is 1. The van der Waals surface area contributed by atoms with Gasteiger partial charge in [-0.05, 0) is 13.0 Å². The first-order chi connectivity index (χ1) is 13.3. The van der Waals surface area contributed by atoms with Crippen LogP contribution in [0, 0.1) is 17.5 Å². The van der Waals surface area contributed by atoms with Crippen molar-refractivity contribution in [3.8, 4) is 23.0 Å². The molecule has 0 saturated heterocycles. The standard InChI is InChI=1S/C19H17F3N2O4/c1-9(8-25)27-19-15(26-2)7-13-16(17(19)22)14(3-4-24-13)28-18-11(20)5-10(23)6-12(18)21/h3-7,9,25H,8,23H2,1-2H3/t9-/m0/s1. The minimum atomic E-state index is -1.04. The van der Waals surface area contributed by atoms with Gasteiger partial charge in [-0.1, -0.05) is 0 Å². The van der Waals surface area contributed by atoms with Crippen molar-refractivity contribution in [3.63, 3.8) is 0 Å². The Bertz CT molecular complexity index is 1010. The summed E-state index contributed by atoms with van der Waals surface area (Å²) in [4.78, 5) is 4.04. The van der Waals surface area contributed by atoms with Gasteiger partial charge in [0.15, 0.2) is 34.7 Å². The van der Waals surface area contributed by atoms with Gasteiger partial charge in [-0.15, -0.1) is 0 Å². The van der Waals surface area contributed by atoms with Gasteiger partial charge in [0.1, 0.15) is 11.9 Å². The molecule has 0 aliphatic carbocycles. The molecule has 0 spiro atoms. The number of rotatable bonds is 6. The molecule has 0 unspecified atom stereocenters. The molecule has 3 aromatic rings. The van der Waals surface area contributed by atoms with Gasteiger partial charge in [-0.2, -0.15) is 0 Å². The van der Waals surface area contributed by atoms with Gasteiger partial charge in [0.2, 0.25) is 0 Å². The molecule has 28 heavy (non-hydrogen) atoms. The summed E-state index contributed by atoms with van der Waals surface area (Å²) in [6.45, 7) is 1.17. The number of ether oxygens (including phenoxy) is 3. The molecule has 0 aliphatic heterocycles. The van der Waals surface area contributed by atoms with Gasteiger partial charge >= 0.3 is 0 Å². The normalized spacial score (nSPS) is 12.1. The highest BCUT2D eigenvalue weighted by Crippen LogP contribution is 2.41. The molecule has 0 fully saturated rings. The second-order valence-electron chi connectivity index (χ2n) is 5.95. The average Bonchev–Trinajstić information content (AvgIpc) is 2.66. The fraction of sp³-hybridized carbons (Fsp3) is 0.211. The predicted octanol–water partition coefficient (Wildman–Crippen LogP) is 3.79. The Morgan fingerprint density at radius 1 is 1.11 bits per heavy atom. The topological polar surface area (TPSA) is 86.8 Å². The lowest BCUT2D eigenvalue weighted by Crippen LogP contribution is -2.17. The zero-order valence-corrected chi connectivity index (χ0v) is 15.0. The molecule has 1 heterocycles. The summed E-state index contributed by atoms with van der Waals surface area (Å²) in [7, 11) is 1.32. The van der Waals surface area contributed by atoms with E-state index in [1.54, 1.807) is 0 Å². The van der Waals surface area contributed by atoms with Crippen molar-refractivity contribution in [1.29, 1.82) is 0 Å². The number of nitrogen functional groups attached to an aromatic ring is 1. The molecule has 0 bridgehead atoms. The van der Waals surface area contributed by atoms with Crippen LogP contribution in [0.5, 0.6) is 23.0 Å². The van der Waals surface area contributed by atoms with Crippen molar-refractivity contribution < 1.29 is 32.5 Å². The van der Waals surface area contributed by atoms with Gasteiger partial charge in [0.25, 0.3) is 0 Å². The molecule has 3 N–H and O–H groups in total. The second-order valence-corrected chi connectivity index (χ2v) is 5.95. The van der Waals surface area contributed by atoms with Crippen LogP contribution in [-0.4, -0.2) is 29.9 Å².